The minimum Gasteiger partial charge on any atom is -0.490 e. The van der Waals surface area contributed by atoms with Crippen LogP contribution in [-0.2, 0) is 4.74 Å². The van der Waals surface area contributed by atoms with Crippen molar-refractivity contribution < 1.29 is 33.6 Å². The first-order chi connectivity index (χ1) is 23.2. The molecule has 5 rings (SSSR count). The summed E-state index contributed by atoms with van der Waals surface area (Å²) in [6.07, 6.45) is 9.03. The van der Waals surface area contributed by atoms with Crippen LogP contribution in [0.5, 0.6) is 17.2 Å². The molecule has 0 unspecified atom stereocenters. The van der Waals surface area contributed by atoms with Crippen molar-refractivity contribution in [2.24, 2.45) is 11.8 Å². The van der Waals surface area contributed by atoms with Gasteiger partial charge in [0.2, 0.25) is 6.79 Å². The molecule has 0 aromatic heterocycles. The summed E-state index contributed by atoms with van der Waals surface area (Å²) in [4.78, 5) is 31.5. The van der Waals surface area contributed by atoms with Crippen molar-refractivity contribution in [2.45, 2.75) is 90.4 Å². The van der Waals surface area contributed by atoms with E-state index in [0.717, 1.165) is 38.3 Å². The normalized spacial score (nSPS) is 23.2. The fourth-order valence-electron chi connectivity index (χ4n) is 6.92. The number of hydrogen-bond acceptors (Lipinski definition) is 8. The molecule has 3 amide bonds. The number of carbonyl (C=O) groups is 2. The second-order valence-corrected chi connectivity index (χ2v) is 13.9. The fourth-order valence-corrected chi connectivity index (χ4v) is 6.92. The molecule has 11 heteroatoms. The maximum absolute atomic E-state index is 14.4. The Morgan fingerprint density at radius 1 is 0.938 bits per heavy atom. The van der Waals surface area contributed by atoms with Gasteiger partial charge < -0.3 is 44.5 Å². The van der Waals surface area contributed by atoms with E-state index in [-0.39, 0.29) is 37.4 Å². The molecule has 4 atom stereocenters. The largest absolute Gasteiger partial charge is 0.490 e. The molecule has 48 heavy (non-hydrogen) atoms. The van der Waals surface area contributed by atoms with E-state index in [9.17, 15) is 14.7 Å². The van der Waals surface area contributed by atoms with E-state index in [1.807, 2.05) is 13.8 Å². The SMILES string of the molecule is C[C@H](CO)N1C[C@H](C)[C@H](CN(C)CC2CCCCC2)OCCCC[C@H](C)Oc2ccc(NC(=O)Nc3ccc4c(c3)OCO4)cc2C1=O. The Kier molecular flexibility index (Phi) is 12.8. The zero-order valence-corrected chi connectivity index (χ0v) is 29.0. The van der Waals surface area contributed by atoms with Gasteiger partial charge in [0.1, 0.15) is 5.75 Å². The molecule has 0 bridgehead atoms. The highest BCUT2D eigenvalue weighted by molar-refractivity contribution is 6.02. The van der Waals surface area contributed by atoms with Crippen LogP contribution in [0.25, 0.3) is 0 Å². The summed E-state index contributed by atoms with van der Waals surface area (Å²) in [7, 11) is 2.18. The second kappa shape index (κ2) is 17.2. The number of fused-ring (bicyclic) bond motifs is 2. The van der Waals surface area contributed by atoms with Gasteiger partial charge in [-0.1, -0.05) is 26.2 Å². The van der Waals surface area contributed by atoms with Crippen LogP contribution >= 0.6 is 0 Å². The lowest BCUT2D eigenvalue weighted by Crippen LogP contribution is -2.47. The number of nitrogens with zero attached hydrogens (tertiary/aromatic N) is 2. The van der Waals surface area contributed by atoms with Crippen LogP contribution < -0.4 is 24.8 Å². The van der Waals surface area contributed by atoms with Crippen molar-refractivity contribution in [1.29, 1.82) is 0 Å². The van der Waals surface area contributed by atoms with Gasteiger partial charge in [0.25, 0.3) is 5.91 Å². The first-order valence-electron chi connectivity index (χ1n) is 17.7. The summed E-state index contributed by atoms with van der Waals surface area (Å²) in [6, 6.07) is 9.39. The van der Waals surface area contributed by atoms with Crippen LogP contribution in [-0.4, -0.2) is 91.8 Å². The lowest BCUT2D eigenvalue weighted by atomic mass is 9.89. The van der Waals surface area contributed by atoms with Gasteiger partial charge in [-0.2, -0.15) is 0 Å². The van der Waals surface area contributed by atoms with Gasteiger partial charge in [-0.15, -0.1) is 0 Å². The van der Waals surface area contributed by atoms with Crippen molar-refractivity contribution in [2.75, 3.05) is 57.3 Å². The van der Waals surface area contributed by atoms with Gasteiger partial charge in [-0.3, -0.25) is 4.79 Å². The Balaban J connectivity index is 1.35. The van der Waals surface area contributed by atoms with Gasteiger partial charge in [0, 0.05) is 49.6 Å². The van der Waals surface area contributed by atoms with E-state index < -0.39 is 12.1 Å². The number of amides is 3. The maximum Gasteiger partial charge on any atom is 0.323 e. The number of aliphatic hydroxyl groups is 1. The summed E-state index contributed by atoms with van der Waals surface area (Å²) in [6.45, 7) is 8.85. The van der Waals surface area contributed by atoms with E-state index in [4.69, 9.17) is 18.9 Å². The molecule has 1 aliphatic carbocycles. The fraction of sp³-hybridized carbons (Fsp3) is 0.622. The summed E-state index contributed by atoms with van der Waals surface area (Å²) in [5.74, 6) is 2.11. The molecule has 1 saturated carbocycles. The number of nitrogens with one attached hydrogen (secondary N) is 2. The Labute approximate surface area is 285 Å². The highest BCUT2D eigenvalue weighted by Crippen LogP contribution is 2.34. The van der Waals surface area contributed by atoms with Crippen LogP contribution in [0.1, 0.15) is 82.5 Å². The summed E-state index contributed by atoms with van der Waals surface area (Å²) in [5.41, 5.74) is 1.31. The average molecular weight is 667 g/mol. The molecule has 3 N–H and O–H groups in total. The molecule has 0 saturated heterocycles. The summed E-state index contributed by atoms with van der Waals surface area (Å²) >= 11 is 0. The number of anilines is 2. The monoisotopic (exact) mass is 666 g/mol. The summed E-state index contributed by atoms with van der Waals surface area (Å²) in [5, 5.41) is 15.9. The molecule has 2 aliphatic heterocycles. The molecule has 0 radical (unpaired) electrons. The zero-order chi connectivity index (χ0) is 34.0. The van der Waals surface area contributed by atoms with Crippen molar-refractivity contribution in [3.05, 3.63) is 42.0 Å². The third-order valence-corrected chi connectivity index (χ3v) is 9.73. The van der Waals surface area contributed by atoms with Crippen molar-refractivity contribution >= 4 is 23.3 Å². The number of carbonyl (C=O) groups excluding carboxylic acids is 2. The second-order valence-electron chi connectivity index (χ2n) is 13.9. The van der Waals surface area contributed by atoms with E-state index >= 15 is 0 Å². The Morgan fingerprint density at radius 2 is 1.62 bits per heavy atom. The van der Waals surface area contributed by atoms with Crippen molar-refractivity contribution in [1.82, 2.24) is 9.80 Å². The topological polar surface area (TPSA) is 122 Å². The van der Waals surface area contributed by atoms with Gasteiger partial charge >= 0.3 is 6.03 Å². The first kappa shape index (κ1) is 35.8. The predicted octanol–water partition coefficient (Wildman–Crippen LogP) is 6.37. The smallest absolute Gasteiger partial charge is 0.323 e. The van der Waals surface area contributed by atoms with Crippen molar-refractivity contribution in [3.8, 4) is 17.2 Å². The molecule has 3 aliphatic rings. The molecule has 11 nitrogen and oxygen atoms in total. The molecule has 2 heterocycles. The number of likely N-dealkylation sites (N-methyl/N-ethyl adjacent to an activating group) is 1. The average Bonchev–Trinajstić information content (AvgIpc) is 3.54. The Morgan fingerprint density at radius 3 is 2.38 bits per heavy atom. The van der Waals surface area contributed by atoms with E-state index in [0.29, 0.717) is 47.3 Å². The molecular weight excluding hydrogens is 612 g/mol. The van der Waals surface area contributed by atoms with E-state index in [1.54, 1.807) is 41.3 Å². The highest BCUT2D eigenvalue weighted by atomic mass is 16.7. The zero-order valence-electron chi connectivity index (χ0n) is 29.0. The first-order valence-corrected chi connectivity index (χ1v) is 17.7. The summed E-state index contributed by atoms with van der Waals surface area (Å²) < 4.78 is 23.7. The minimum absolute atomic E-state index is 0.0109. The standard InChI is InChI=1S/C37H54N4O7/c1-25-20-41(26(2)23-42)36(43)31-18-29(38-37(44)39-30-14-16-33-34(19-30)47-24-46-33)13-15-32(31)48-27(3)10-8-9-17-45-35(25)22-40(4)21-28-11-6-5-7-12-28/h13-16,18-19,25-28,35,42H,5-12,17,20-24H2,1-4H3,(H2,38,39,44)/t25-,26+,27-,35-/m0/s1. The Hall–Kier alpha value is -3.54. The molecule has 0 spiro atoms. The van der Waals surface area contributed by atoms with Crippen LogP contribution in [0.3, 0.4) is 0 Å². The van der Waals surface area contributed by atoms with Gasteiger partial charge in [0.15, 0.2) is 11.5 Å². The van der Waals surface area contributed by atoms with E-state index in [2.05, 4.69) is 29.5 Å². The van der Waals surface area contributed by atoms with Gasteiger partial charge in [0.05, 0.1) is 30.4 Å². The van der Waals surface area contributed by atoms with Gasteiger partial charge in [-0.25, -0.2) is 4.79 Å². The molecule has 1 fully saturated rings. The number of ether oxygens (including phenoxy) is 4. The minimum atomic E-state index is -0.469. The Bertz CT molecular complexity index is 1370. The lowest BCUT2D eigenvalue weighted by molar-refractivity contribution is -0.0190. The van der Waals surface area contributed by atoms with Crippen LogP contribution in [0.2, 0.25) is 0 Å². The van der Waals surface area contributed by atoms with Crippen LogP contribution in [0.15, 0.2) is 36.4 Å². The molecule has 2 aromatic rings. The predicted molar refractivity (Wildman–Crippen MR) is 186 cm³/mol. The molecule has 2 aromatic carbocycles. The third kappa shape index (κ3) is 9.76. The molecule has 264 valence electrons. The third-order valence-electron chi connectivity index (χ3n) is 9.73. The number of aliphatic hydroxyl groups excluding tert-OH is 1. The lowest BCUT2D eigenvalue weighted by Gasteiger charge is -2.36. The molecular formula is C37H54N4O7. The van der Waals surface area contributed by atoms with Gasteiger partial charge in [-0.05, 0) is 89.2 Å². The number of urea groups is 1. The maximum atomic E-state index is 14.4. The number of benzene rings is 2. The number of hydrogen-bond donors (Lipinski definition) is 3. The van der Waals surface area contributed by atoms with Crippen molar-refractivity contribution in [3.63, 3.8) is 0 Å². The highest BCUT2D eigenvalue weighted by Gasteiger charge is 2.31. The quantitative estimate of drug-likeness (QED) is 0.297. The number of rotatable bonds is 8. The van der Waals surface area contributed by atoms with Crippen LogP contribution in [0, 0.1) is 11.8 Å². The van der Waals surface area contributed by atoms with E-state index in [1.165, 1.54) is 32.1 Å². The van der Waals surface area contributed by atoms with Crippen LogP contribution in [0.4, 0.5) is 16.2 Å².